The first kappa shape index (κ1) is 11.9. The molecule has 0 amide bonds. The van der Waals surface area contributed by atoms with Crippen LogP contribution in [0.5, 0.6) is 0 Å². The molecule has 0 aliphatic carbocycles. The van der Waals surface area contributed by atoms with Crippen LogP contribution in [0.15, 0.2) is 28.9 Å². The Hall–Kier alpha value is -1.05. The van der Waals surface area contributed by atoms with Gasteiger partial charge >= 0.3 is 81.7 Å². The van der Waals surface area contributed by atoms with Gasteiger partial charge in [-0.1, -0.05) is 0 Å². The van der Waals surface area contributed by atoms with Crippen LogP contribution in [0.1, 0.15) is 6.92 Å². The molecule has 0 aromatic rings. The SMILES string of the molecule is B=C(B)C(/C=C(\C)C(=C)NC)=N/C. The van der Waals surface area contributed by atoms with Crippen molar-refractivity contribution in [3.05, 3.63) is 23.9 Å². The number of aliphatic imine (C=N–C) groups is 1. The Morgan fingerprint density at radius 3 is 2.46 bits per heavy atom. The summed E-state index contributed by atoms with van der Waals surface area (Å²) in [6.07, 6.45) is 1.97. The molecule has 0 saturated heterocycles. The average Bonchev–Trinajstić information content (AvgIpc) is 2.11. The Labute approximate surface area is 82.3 Å². The minimum atomic E-state index is 0.905. The van der Waals surface area contributed by atoms with Gasteiger partial charge in [-0.15, -0.1) is 0 Å². The van der Waals surface area contributed by atoms with Gasteiger partial charge in [-0.2, -0.15) is 0 Å². The second-order valence-electron chi connectivity index (χ2n) is 2.95. The molecular formula is C9H16B2N2. The van der Waals surface area contributed by atoms with E-state index in [2.05, 4.69) is 24.4 Å². The van der Waals surface area contributed by atoms with E-state index in [0.29, 0.717) is 0 Å². The number of allylic oxidation sites excluding steroid dienone is 2. The van der Waals surface area contributed by atoms with Crippen molar-refractivity contribution in [1.82, 2.24) is 5.32 Å². The van der Waals surface area contributed by atoms with E-state index in [1.807, 2.05) is 27.9 Å². The van der Waals surface area contributed by atoms with Crippen LogP contribution in [0, 0.1) is 0 Å². The van der Waals surface area contributed by atoms with Gasteiger partial charge in [-0.05, 0) is 0 Å². The maximum atomic E-state index is 4.12. The molecule has 0 heterocycles. The van der Waals surface area contributed by atoms with Gasteiger partial charge in [0.2, 0.25) is 0 Å². The fraction of sp³-hybridized carbons (Fsp3) is 0.333. The number of hydrogen-bond acceptors (Lipinski definition) is 2. The maximum absolute atomic E-state index is 4.12. The Morgan fingerprint density at radius 1 is 1.62 bits per heavy atom. The van der Waals surface area contributed by atoms with Gasteiger partial charge < -0.3 is 0 Å². The summed E-state index contributed by atoms with van der Waals surface area (Å²) < 4.78 is 0. The third kappa shape index (κ3) is 3.92. The fourth-order valence-electron chi connectivity index (χ4n) is 0.868. The van der Waals surface area contributed by atoms with E-state index in [-0.39, 0.29) is 0 Å². The number of nitrogens with zero attached hydrogens (tertiary/aromatic N) is 1. The first-order chi connectivity index (χ1) is 6.02. The van der Waals surface area contributed by atoms with E-state index >= 15 is 0 Å². The molecule has 0 aliphatic rings. The topological polar surface area (TPSA) is 24.4 Å². The van der Waals surface area contributed by atoms with Gasteiger partial charge in [-0.3, -0.25) is 0 Å². The van der Waals surface area contributed by atoms with Gasteiger partial charge in [-0.25, -0.2) is 0 Å². The molecule has 0 fully saturated rings. The zero-order chi connectivity index (χ0) is 10.4. The predicted molar refractivity (Wildman–Crippen MR) is 66.0 cm³/mol. The number of rotatable bonds is 4. The molecule has 0 saturated carbocycles. The Bertz CT molecular complexity index is 277. The molecule has 0 bridgehead atoms. The summed E-state index contributed by atoms with van der Waals surface area (Å²) in [6, 6.07) is 0. The molecule has 68 valence electrons. The van der Waals surface area contributed by atoms with Crippen molar-refractivity contribution in [3.63, 3.8) is 0 Å². The van der Waals surface area contributed by atoms with E-state index in [4.69, 9.17) is 0 Å². The fourth-order valence-corrected chi connectivity index (χ4v) is 0.868. The molecular weight excluding hydrogens is 158 g/mol. The first-order valence-electron chi connectivity index (χ1n) is 4.21. The zero-order valence-corrected chi connectivity index (χ0v) is 8.94. The zero-order valence-electron chi connectivity index (χ0n) is 8.94. The normalized spacial score (nSPS) is 12.5. The van der Waals surface area contributed by atoms with E-state index in [1.54, 1.807) is 7.05 Å². The van der Waals surface area contributed by atoms with Crippen LogP contribution in [-0.2, 0) is 0 Å². The van der Waals surface area contributed by atoms with Crippen LogP contribution in [0.2, 0.25) is 0 Å². The van der Waals surface area contributed by atoms with Crippen LogP contribution in [-0.4, -0.2) is 40.5 Å². The average molecular weight is 174 g/mol. The molecule has 0 aliphatic heterocycles. The molecule has 0 spiro atoms. The number of hydrogen-bond donors (Lipinski definition) is 1. The van der Waals surface area contributed by atoms with E-state index in [9.17, 15) is 0 Å². The molecule has 1 N–H and O–H groups in total. The summed E-state index contributed by atoms with van der Waals surface area (Å²) in [7, 11) is 9.39. The van der Waals surface area contributed by atoms with Gasteiger partial charge in [0.05, 0.1) is 0 Å². The molecule has 0 atom stereocenters. The third-order valence-corrected chi connectivity index (χ3v) is 1.81. The third-order valence-electron chi connectivity index (χ3n) is 1.81. The Kier molecular flexibility index (Phi) is 5.12. The summed E-state index contributed by atoms with van der Waals surface area (Å²) in [5, 5.41) is 3.95. The monoisotopic (exact) mass is 174 g/mol. The second-order valence-corrected chi connectivity index (χ2v) is 2.95. The molecule has 2 nitrogen and oxygen atoms in total. The van der Waals surface area contributed by atoms with Crippen molar-refractivity contribution < 1.29 is 0 Å². The first-order valence-corrected chi connectivity index (χ1v) is 4.21. The van der Waals surface area contributed by atoms with Crippen LogP contribution in [0.25, 0.3) is 0 Å². The molecule has 0 rings (SSSR count). The van der Waals surface area contributed by atoms with E-state index < -0.39 is 0 Å². The quantitative estimate of drug-likeness (QED) is 0.343. The Balaban J connectivity index is 4.73. The van der Waals surface area contributed by atoms with E-state index in [1.165, 1.54) is 0 Å². The summed E-state index contributed by atoms with van der Waals surface area (Å²) in [5.41, 5.74) is 2.89. The van der Waals surface area contributed by atoms with Crippen molar-refractivity contribution in [2.75, 3.05) is 14.1 Å². The molecule has 0 radical (unpaired) electrons. The summed E-state index contributed by atoms with van der Waals surface area (Å²) >= 11 is 0. The van der Waals surface area contributed by atoms with Crippen LogP contribution in [0.4, 0.5) is 0 Å². The van der Waals surface area contributed by atoms with Crippen molar-refractivity contribution in [2.24, 2.45) is 4.99 Å². The molecule has 13 heavy (non-hydrogen) atoms. The number of likely N-dealkylation sites (N-methyl/N-ethyl adjacent to an activating group) is 1. The van der Waals surface area contributed by atoms with Crippen molar-refractivity contribution in [1.29, 1.82) is 0 Å². The van der Waals surface area contributed by atoms with Crippen molar-refractivity contribution in [3.8, 4) is 0 Å². The van der Waals surface area contributed by atoms with Crippen molar-refractivity contribution in [2.45, 2.75) is 6.92 Å². The molecule has 0 aromatic carbocycles. The van der Waals surface area contributed by atoms with Gasteiger partial charge in [0.25, 0.3) is 0 Å². The summed E-state index contributed by atoms with van der Waals surface area (Å²) in [5.74, 6) is 0. The summed E-state index contributed by atoms with van der Waals surface area (Å²) in [4.78, 5) is 4.12. The molecule has 0 unspecified atom stereocenters. The number of nitrogens with one attached hydrogen (secondary N) is 1. The van der Waals surface area contributed by atoms with Gasteiger partial charge in [0.15, 0.2) is 0 Å². The molecule has 0 aromatic heterocycles. The second kappa shape index (κ2) is 5.57. The standard InChI is InChI=1S/C9H16B2N2/c1-6(7(2)12-3)5-8(13-4)9(10)11/h5,10,12H,2,11H2,1,3-4H3/b6-5+,13-8+. The Morgan fingerprint density at radius 2 is 2.15 bits per heavy atom. The van der Waals surface area contributed by atoms with Crippen LogP contribution >= 0.6 is 0 Å². The van der Waals surface area contributed by atoms with E-state index in [0.717, 1.165) is 22.3 Å². The van der Waals surface area contributed by atoms with Crippen LogP contribution in [0.3, 0.4) is 0 Å². The molecule has 4 heteroatoms. The van der Waals surface area contributed by atoms with Crippen LogP contribution < -0.4 is 5.32 Å². The van der Waals surface area contributed by atoms with Gasteiger partial charge in [0.1, 0.15) is 0 Å². The minimum absolute atomic E-state index is 0.905. The predicted octanol–water partition coefficient (Wildman–Crippen LogP) is -0.600. The van der Waals surface area contributed by atoms with Crippen molar-refractivity contribution >= 4 is 26.4 Å². The van der Waals surface area contributed by atoms with Gasteiger partial charge in [0, 0.05) is 0 Å². The summed E-state index contributed by atoms with van der Waals surface area (Å²) in [6.45, 7) is 5.85.